The lowest BCUT2D eigenvalue weighted by Gasteiger charge is -2.08. The fraction of sp³-hybridized carbons (Fsp3) is 0.0714. The van der Waals surface area contributed by atoms with Crippen LogP contribution >= 0.6 is 23.2 Å². The molecule has 5 nitrogen and oxygen atoms in total. The lowest BCUT2D eigenvalue weighted by Crippen LogP contribution is -2.01. The number of aryl methyl sites for hydroxylation is 1. The fourth-order valence-electron chi connectivity index (χ4n) is 2.08. The number of hydrogen-bond donors (Lipinski definition) is 1. The van der Waals surface area contributed by atoms with Crippen LogP contribution in [0.5, 0.6) is 0 Å². The molecule has 0 amide bonds. The smallest absolute Gasteiger partial charge is 0.187 e. The average Bonchev–Trinajstić information content (AvgIpc) is 2.91. The Bertz CT molecular complexity index is 813. The third-order valence-electron chi connectivity index (χ3n) is 3.11. The van der Waals surface area contributed by atoms with Gasteiger partial charge in [-0.2, -0.15) is 4.68 Å². The third kappa shape index (κ3) is 2.57. The van der Waals surface area contributed by atoms with Crippen LogP contribution in [0.4, 0.5) is 5.69 Å². The predicted molar refractivity (Wildman–Crippen MR) is 83.8 cm³/mol. The molecule has 3 aromatic rings. The molecule has 0 spiro atoms. The highest BCUT2D eigenvalue weighted by Gasteiger charge is 2.14. The highest BCUT2D eigenvalue weighted by molar-refractivity contribution is 6.42. The molecule has 0 bridgehead atoms. The maximum Gasteiger partial charge on any atom is 0.187 e. The summed E-state index contributed by atoms with van der Waals surface area (Å²) in [6.07, 6.45) is 0. The van der Waals surface area contributed by atoms with Crippen molar-refractivity contribution in [2.45, 2.75) is 6.92 Å². The number of nitrogen functional groups attached to an aromatic ring is 1. The SMILES string of the molecule is Cc1cc(N)ccc1-c1nnnn1-c1ccc(Cl)c(Cl)c1. The number of nitrogens with zero attached hydrogens (tertiary/aromatic N) is 4. The first-order chi connectivity index (χ1) is 10.1. The molecule has 1 aromatic heterocycles. The van der Waals surface area contributed by atoms with Gasteiger partial charge in [0.2, 0.25) is 0 Å². The second-order valence-corrected chi connectivity index (χ2v) is 5.40. The number of nitrogens with two attached hydrogens (primary N) is 1. The summed E-state index contributed by atoms with van der Waals surface area (Å²) < 4.78 is 1.61. The van der Waals surface area contributed by atoms with Gasteiger partial charge in [-0.3, -0.25) is 0 Å². The van der Waals surface area contributed by atoms with Crippen molar-refractivity contribution in [3.05, 3.63) is 52.0 Å². The molecule has 7 heteroatoms. The van der Waals surface area contributed by atoms with Crippen molar-refractivity contribution in [3.8, 4) is 17.1 Å². The molecule has 0 saturated heterocycles. The summed E-state index contributed by atoms with van der Waals surface area (Å²) in [5, 5.41) is 12.8. The van der Waals surface area contributed by atoms with Gasteiger partial charge >= 0.3 is 0 Å². The lowest BCUT2D eigenvalue weighted by atomic mass is 10.1. The molecule has 0 aliphatic rings. The van der Waals surface area contributed by atoms with Crippen molar-refractivity contribution < 1.29 is 0 Å². The molecule has 2 N–H and O–H groups in total. The van der Waals surface area contributed by atoms with Crippen molar-refractivity contribution >= 4 is 28.9 Å². The summed E-state index contributed by atoms with van der Waals surface area (Å²) in [6, 6.07) is 10.8. The average molecular weight is 320 g/mol. The monoisotopic (exact) mass is 319 g/mol. The minimum atomic E-state index is 0.449. The van der Waals surface area contributed by atoms with E-state index in [2.05, 4.69) is 15.5 Å². The summed E-state index contributed by atoms with van der Waals surface area (Å²) in [6.45, 7) is 1.96. The van der Waals surface area contributed by atoms with E-state index in [1.165, 1.54) is 0 Å². The summed E-state index contributed by atoms with van der Waals surface area (Å²) in [5.41, 5.74) is 9.11. The normalized spacial score (nSPS) is 10.8. The summed E-state index contributed by atoms with van der Waals surface area (Å²) in [4.78, 5) is 0. The van der Waals surface area contributed by atoms with E-state index in [9.17, 15) is 0 Å². The van der Waals surface area contributed by atoms with Crippen molar-refractivity contribution in [2.75, 3.05) is 5.73 Å². The minimum Gasteiger partial charge on any atom is -0.399 e. The molecule has 21 heavy (non-hydrogen) atoms. The standard InChI is InChI=1S/C14H11Cl2N5/c1-8-6-9(17)2-4-11(8)14-18-19-20-21(14)10-3-5-12(15)13(16)7-10/h2-7H,17H2,1H3. The number of rotatable bonds is 2. The number of tetrazole rings is 1. The quantitative estimate of drug-likeness (QED) is 0.733. The zero-order chi connectivity index (χ0) is 15.0. The predicted octanol–water partition coefficient (Wildman–Crippen LogP) is 3.53. The first-order valence-electron chi connectivity index (χ1n) is 6.16. The molecule has 0 unspecified atom stereocenters. The van der Waals surface area contributed by atoms with E-state index in [0.29, 0.717) is 21.6 Å². The minimum absolute atomic E-state index is 0.449. The van der Waals surface area contributed by atoms with Gasteiger partial charge in [-0.05, 0) is 59.3 Å². The van der Waals surface area contributed by atoms with Gasteiger partial charge in [0.15, 0.2) is 5.82 Å². The number of anilines is 1. The molecule has 1 heterocycles. The lowest BCUT2D eigenvalue weighted by molar-refractivity contribution is 0.791. The highest BCUT2D eigenvalue weighted by atomic mass is 35.5. The van der Waals surface area contributed by atoms with Gasteiger partial charge in [0.1, 0.15) is 0 Å². The van der Waals surface area contributed by atoms with E-state index in [1.54, 1.807) is 22.9 Å². The van der Waals surface area contributed by atoms with E-state index in [1.807, 2.05) is 25.1 Å². The molecule has 0 radical (unpaired) electrons. The van der Waals surface area contributed by atoms with Crippen LogP contribution in [0.2, 0.25) is 10.0 Å². The van der Waals surface area contributed by atoms with Crippen molar-refractivity contribution in [2.24, 2.45) is 0 Å². The fourth-order valence-corrected chi connectivity index (χ4v) is 2.38. The molecule has 0 fully saturated rings. The molecular weight excluding hydrogens is 309 g/mol. The van der Waals surface area contributed by atoms with Crippen LogP contribution in [-0.4, -0.2) is 20.2 Å². The van der Waals surface area contributed by atoms with Gasteiger partial charge in [-0.25, -0.2) is 0 Å². The van der Waals surface area contributed by atoms with E-state index < -0.39 is 0 Å². The maximum atomic E-state index is 6.05. The summed E-state index contributed by atoms with van der Waals surface area (Å²) in [5.74, 6) is 0.617. The van der Waals surface area contributed by atoms with E-state index in [-0.39, 0.29) is 0 Å². The molecule has 0 saturated carbocycles. The van der Waals surface area contributed by atoms with E-state index in [0.717, 1.165) is 16.8 Å². The Kier molecular flexibility index (Phi) is 3.53. The van der Waals surface area contributed by atoms with Crippen LogP contribution in [0.1, 0.15) is 5.56 Å². The molecule has 0 aliphatic carbocycles. The van der Waals surface area contributed by atoms with Crippen LogP contribution in [0, 0.1) is 6.92 Å². The Hall–Kier alpha value is -2.11. The third-order valence-corrected chi connectivity index (χ3v) is 3.85. The Morgan fingerprint density at radius 2 is 1.86 bits per heavy atom. The van der Waals surface area contributed by atoms with Crippen molar-refractivity contribution in [3.63, 3.8) is 0 Å². The van der Waals surface area contributed by atoms with Gasteiger partial charge < -0.3 is 5.73 Å². The Morgan fingerprint density at radius 1 is 1.05 bits per heavy atom. The molecule has 0 atom stereocenters. The number of aromatic nitrogens is 4. The topological polar surface area (TPSA) is 69.6 Å². The van der Waals surface area contributed by atoms with Crippen molar-refractivity contribution in [1.82, 2.24) is 20.2 Å². The van der Waals surface area contributed by atoms with Crippen LogP contribution in [0.25, 0.3) is 17.1 Å². The Morgan fingerprint density at radius 3 is 2.57 bits per heavy atom. The Balaban J connectivity index is 2.14. The zero-order valence-corrected chi connectivity index (χ0v) is 12.6. The molecule has 3 rings (SSSR count). The van der Waals surface area contributed by atoms with Crippen LogP contribution < -0.4 is 5.73 Å². The largest absolute Gasteiger partial charge is 0.399 e. The highest BCUT2D eigenvalue weighted by Crippen LogP contribution is 2.28. The van der Waals surface area contributed by atoms with Crippen molar-refractivity contribution in [1.29, 1.82) is 0 Å². The first kappa shape index (κ1) is 13.9. The van der Waals surface area contributed by atoms with Gasteiger partial charge in [-0.15, -0.1) is 5.10 Å². The zero-order valence-electron chi connectivity index (χ0n) is 11.1. The molecule has 0 aliphatic heterocycles. The van der Waals surface area contributed by atoms with E-state index in [4.69, 9.17) is 28.9 Å². The summed E-state index contributed by atoms with van der Waals surface area (Å²) >= 11 is 12.0. The molecule has 2 aromatic carbocycles. The van der Waals surface area contributed by atoms with Gasteiger partial charge in [-0.1, -0.05) is 23.2 Å². The first-order valence-corrected chi connectivity index (χ1v) is 6.92. The number of benzene rings is 2. The second kappa shape index (κ2) is 5.35. The maximum absolute atomic E-state index is 6.05. The van der Waals surface area contributed by atoms with Gasteiger partial charge in [0.05, 0.1) is 15.7 Å². The number of hydrogen-bond acceptors (Lipinski definition) is 4. The number of halogens is 2. The van der Waals surface area contributed by atoms with Crippen LogP contribution in [0.15, 0.2) is 36.4 Å². The summed E-state index contributed by atoms with van der Waals surface area (Å²) in [7, 11) is 0. The van der Waals surface area contributed by atoms with Gasteiger partial charge in [0.25, 0.3) is 0 Å². The second-order valence-electron chi connectivity index (χ2n) is 4.59. The molecular formula is C14H11Cl2N5. The van der Waals surface area contributed by atoms with E-state index >= 15 is 0 Å². The van der Waals surface area contributed by atoms with Gasteiger partial charge in [0, 0.05) is 11.3 Å². The Labute approximate surface area is 131 Å². The van der Waals surface area contributed by atoms with Crippen LogP contribution in [-0.2, 0) is 0 Å². The van der Waals surface area contributed by atoms with Crippen LogP contribution in [0.3, 0.4) is 0 Å². The molecule has 106 valence electrons.